The van der Waals surface area contributed by atoms with Crippen LogP contribution in [0.25, 0.3) is 5.57 Å². The maximum Gasteiger partial charge on any atom is 0.161 e. The molecule has 0 atom stereocenters. The van der Waals surface area contributed by atoms with Crippen molar-refractivity contribution in [1.29, 1.82) is 0 Å². The Bertz CT molecular complexity index is 556. The minimum absolute atomic E-state index is 0.583. The van der Waals surface area contributed by atoms with Crippen LogP contribution in [0.1, 0.15) is 19.4 Å². The van der Waals surface area contributed by atoms with Crippen LogP contribution < -0.4 is 15.2 Å². The van der Waals surface area contributed by atoms with E-state index in [1.807, 2.05) is 44.2 Å². The molecule has 1 heterocycles. The second kappa shape index (κ2) is 5.65. The third-order valence-corrected chi connectivity index (χ3v) is 3.21. The summed E-state index contributed by atoms with van der Waals surface area (Å²) in [5, 5.41) is 0. The normalized spacial score (nSPS) is 15.8. The minimum atomic E-state index is 0.583. The molecule has 1 aliphatic heterocycles. The Kier molecular flexibility index (Phi) is 3.95. The average Bonchev–Trinajstić information content (AvgIpc) is 2.46. The summed E-state index contributed by atoms with van der Waals surface area (Å²) in [5.74, 6) is 1.56. The van der Waals surface area contributed by atoms with Crippen molar-refractivity contribution in [2.24, 2.45) is 5.73 Å². The Hall–Kier alpha value is -2.16. The number of ether oxygens (including phenoxy) is 2. The fraction of sp³-hybridized carbons (Fsp3) is 0.250. The summed E-state index contributed by atoms with van der Waals surface area (Å²) in [6.45, 7) is 8.96. The number of benzene rings is 1. The van der Waals surface area contributed by atoms with E-state index >= 15 is 0 Å². The first-order valence-electron chi connectivity index (χ1n) is 6.33. The lowest BCUT2D eigenvalue weighted by Gasteiger charge is -2.19. The van der Waals surface area contributed by atoms with Gasteiger partial charge in [0.1, 0.15) is 13.2 Å². The quantitative estimate of drug-likeness (QED) is 0.845. The van der Waals surface area contributed by atoms with Gasteiger partial charge in [0, 0.05) is 5.70 Å². The largest absolute Gasteiger partial charge is 0.486 e. The molecule has 1 aromatic carbocycles. The van der Waals surface area contributed by atoms with Crippen LogP contribution in [0.2, 0.25) is 0 Å². The third kappa shape index (κ3) is 2.65. The van der Waals surface area contributed by atoms with Crippen molar-refractivity contribution in [1.82, 2.24) is 0 Å². The van der Waals surface area contributed by atoms with Crippen LogP contribution in [0.4, 0.5) is 0 Å². The van der Waals surface area contributed by atoms with Gasteiger partial charge >= 0.3 is 0 Å². The van der Waals surface area contributed by atoms with Crippen LogP contribution in [0.15, 0.2) is 48.2 Å². The predicted octanol–water partition coefficient (Wildman–Crippen LogP) is 3.28. The number of hydrogen-bond acceptors (Lipinski definition) is 3. The number of allylic oxidation sites excluding steroid dienone is 4. The summed E-state index contributed by atoms with van der Waals surface area (Å²) >= 11 is 0. The van der Waals surface area contributed by atoms with E-state index in [1.165, 1.54) is 0 Å². The topological polar surface area (TPSA) is 44.5 Å². The second-order valence-corrected chi connectivity index (χ2v) is 4.35. The molecule has 0 saturated heterocycles. The van der Waals surface area contributed by atoms with Crippen LogP contribution in [0, 0.1) is 0 Å². The van der Waals surface area contributed by atoms with Gasteiger partial charge in [-0.25, -0.2) is 0 Å². The van der Waals surface area contributed by atoms with Gasteiger partial charge in [0.2, 0.25) is 0 Å². The summed E-state index contributed by atoms with van der Waals surface area (Å²) < 4.78 is 11.1. The highest BCUT2D eigenvalue weighted by Crippen LogP contribution is 2.34. The minimum Gasteiger partial charge on any atom is -0.486 e. The van der Waals surface area contributed by atoms with E-state index in [1.54, 1.807) is 0 Å². The Labute approximate surface area is 114 Å². The molecule has 0 bridgehead atoms. The molecule has 3 nitrogen and oxygen atoms in total. The van der Waals surface area contributed by atoms with Gasteiger partial charge in [-0.3, -0.25) is 0 Å². The van der Waals surface area contributed by atoms with Crippen molar-refractivity contribution >= 4 is 5.57 Å². The zero-order valence-corrected chi connectivity index (χ0v) is 11.4. The lowest BCUT2D eigenvalue weighted by Crippen LogP contribution is -2.15. The van der Waals surface area contributed by atoms with Crippen LogP contribution in [0.3, 0.4) is 0 Å². The monoisotopic (exact) mass is 257 g/mol. The van der Waals surface area contributed by atoms with E-state index in [2.05, 4.69) is 6.58 Å². The molecule has 0 radical (unpaired) electrons. The number of nitrogens with two attached hydrogens (primary N) is 1. The SMILES string of the molecule is C=C/C(=C(C)\C(N)=C/C)c1ccc2c(c1)OCCO2. The standard InChI is InChI=1S/C16H19NO2/c1-4-13(11(3)14(17)5-2)12-6-7-15-16(10-12)19-9-8-18-15/h4-7,10H,1,8-9,17H2,2-3H3/b13-11+,14-5+. The summed E-state index contributed by atoms with van der Waals surface area (Å²) in [4.78, 5) is 0. The van der Waals surface area contributed by atoms with E-state index < -0.39 is 0 Å². The van der Waals surface area contributed by atoms with Gasteiger partial charge in [-0.2, -0.15) is 0 Å². The molecule has 1 aromatic rings. The van der Waals surface area contributed by atoms with Crippen molar-refractivity contribution < 1.29 is 9.47 Å². The molecule has 0 spiro atoms. The van der Waals surface area contributed by atoms with Crippen molar-refractivity contribution in [2.75, 3.05) is 13.2 Å². The zero-order chi connectivity index (χ0) is 13.8. The Balaban J connectivity index is 2.48. The lowest BCUT2D eigenvalue weighted by molar-refractivity contribution is 0.171. The third-order valence-electron chi connectivity index (χ3n) is 3.21. The molecule has 0 unspecified atom stereocenters. The second-order valence-electron chi connectivity index (χ2n) is 4.35. The number of fused-ring (bicyclic) bond motifs is 1. The molecule has 1 aliphatic rings. The van der Waals surface area contributed by atoms with E-state index in [0.29, 0.717) is 13.2 Å². The van der Waals surface area contributed by atoms with Gasteiger partial charge in [0.05, 0.1) is 0 Å². The van der Waals surface area contributed by atoms with Crippen LogP contribution >= 0.6 is 0 Å². The Morgan fingerprint density at radius 2 is 1.95 bits per heavy atom. The molecule has 2 rings (SSSR count). The zero-order valence-electron chi connectivity index (χ0n) is 11.4. The molecule has 3 heteroatoms. The first-order valence-corrected chi connectivity index (χ1v) is 6.33. The van der Waals surface area contributed by atoms with Gasteiger partial charge in [-0.15, -0.1) is 0 Å². The Morgan fingerprint density at radius 1 is 1.26 bits per heavy atom. The first-order chi connectivity index (χ1) is 9.17. The molecule has 19 heavy (non-hydrogen) atoms. The molecule has 0 amide bonds. The van der Waals surface area contributed by atoms with E-state index in [9.17, 15) is 0 Å². The molecular weight excluding hydrogens is 238 g/mol. The molecule has 2 N–H and O–H groups in total. The van der Waals surface area contributed by atoms with Crippen molar-refractivity contribution in [3.05, 3.63) is 53.8 Å². The molecular formula is C16H19NO2. The highest BCUT2D eigenvalue weighted by Gasteiger charge is 2.13. The Morgan fingerprint density at radius 3 is 2.58 bits per heavy atom. The van der Waals surface area contributed by atoms with Crippen LogP contribution in [0.5, 0.6) is 11.5 Å². The highest BCUT2D eigenvalue weighted by atomic mass is 16.6. The molecule has 100 valence electrons. The predicted molar refractivity (Wildman–Crippen MR) is 78.2 cm³/mol. The van der Waals surface area contributed by atoms with E-state index in [-0.39, 0.29) is 0 Å². The van der Waals surface area contributed by atoms with Gasteiger partial charge < -0.3 is 15.2 Å². The van der Waals surface area contributed by atoms with Crippen molar-refractivity contribution in [3.8, 4) is 11.5 Å². The van der Waals surface area contributed by atoms with E-state index in [0.717, 1.165) is 33.9 Å². The molecule has 0 aliphatic carbocycles. The van der Waals surface area contributed by atoms with Gasteiger partial charge in [-0.05, 0) is 42.7 Å². The van der Waals surface area contributed by atoms with Gasteiger partial charge in [-0.1, -0.05) is 24.8 Å². The maximum atomic E-state index is 5.97. The number of hydrogen-bond donors (Lipinski definition) is 1. The van der Waals surface area contributed by atoms with E-state index in [4.69, 9.17) is 15.2 Å². The fourth-order valence-corrected chi connectivity index (χ4v) is 2.07. The van der Waals surface area contributed by atoms with Gasteiger partial charge in [0.15, 0.2) is 11.5 Å². The molecule has 0 saturated carbocycles. The smallest absolute Gasteiger partial charge is 0.161 e. The highest BCUT2D eigenvalue weighted by molar-refractivity contribution is 5.79. The summed E-state index contributed by atoms with van der Waals surface area (Å²) in [6.07, 6.45) is 3.70. The fourth-order valence-electron chi connectivity index (χ4n) is 2.07. The summed E-state index contributed by atoms with van der Waals surface area (Å²) in [7, 11) is 0. The van der Waals surface area contributed by atoms with Crippen molar-refractivity contribution in [3.63, 3.8) is 0 Å². The van der Waals surface area contributed by atoms with Crippen LogP contribution in [-0.2, 0) is 0 Å². The first kappa shape index (κ1) is 13.3. The lowest BCUT2D eigenvalue weighted by atomic mass is 9.98. The van der Waals surface area contributed by atoms with Crippen LogP contribution in [-0.4, -0.2) is 13.2 Å². The molecule has 0 aromatic heterocycles. The number of rotatable bonds is 3. The summed E-state index contributed by atoms with van der Waals surface area (Å²) in [5.41, 5.74) is 9.77. The van der Waals surface area contributed by atoms with Crippen molar-refractivity contribution in [2.45, 2.75) is 13.8 Å². The maximum absolute atomic E-state index is 5.97. The van der Waals surface area contributed by atoms with Gasteiger partial charge in [0.25, 0.3) is 0 Å². The summed E-state index contributed by atoms with van der Waals surface area (Å²) in [6, 6.07) is 5.89. The molecule has 0 fully saturated rings. The average molecular weight is 257 g/mol.